The van der Waals surface area contributed by atoms with Crippen LogP contribution in [0.2, 0.25) is 0 Å². The first-order valence-electron chi connectivity index (χ1n) is 7.17. The summed E-state index contributed by atoms with van der Waals surface area (Å²) in [5.41, 5.74) is 1.47. The lowest BCUT2D eigenvalue weighted by molar-refractivity contribution is 0.118. The molecule has 2 heteroatoms. The minimum absolute atomic E-state index is 0.575. The second-order valence-corrected chi connectivity index (χ2v) is 5.80. The van der Waals surface area contributed by atoms with E-state index in [0.717, 1.165) is 12.5 Å². The number of nitrogens with zero attached hydrogens (tertiary/aromatic N) is 1. The third kappa shape index (κ3) is 3.33. The molecule has 1 heterocycles. The number of benzene rings is 1. The maximum atomic E-state index is 3.61. The molecule has 2 nitrogen and oxygen atoms in total. The predicted octanol–water partition coefficient (Wildman–Crippen LogP) is 3.07. The van der Waals surface area contributed by atoms with Crippen molar-refractivity contribution in [3.63, 3.8) is 0 Å². The van der Waals surface area contributed by atoms with E-state index in [1.54, 1.807) is 0 Å². The lowest BCUT2D eigenvalue weighted by atomic mass is 9.85. The van der Waals surface area contributed by atoms with E-state index in [2.05, 4.69) is 61.4 Å². The largest absolute Gasteiger partial charge is 0.314 e. The summed E-state index contributed by atoms with van der Waals surface area (Å²) in [6.07, 6.45) is 2.66. The average molecular weight is 246 g/mol. The van der Waals surface area contributed by atoms with Gasteiger partial charge in [-0.2, -0.15) is 0 Å². The molecule has 1 saturated heterocycles. The fraction of sp³-hybridized carbons (Fsp3) is 0.625. The third-order valence-corrected chi connectivity index (χ3v) is 3.94. The second kappa shape index (κ2) is 6.35. The molecule has 0 aromatic heterocycles. The summed E-state index contributed by atoms with van der Waals surface area (Å²) in [5.74, 6) is 0.730. The first-order chi connectivity index (χ1) is 8.68. The molecule has 0 spiro atoms. The Morgan fingerprint density at radius 3 is 2.67 bits per heavy atom. The van der Waals surface area contributed by atoms with Crippen LogP contribution in [0, 0.1) is 5.92 Å². The third-order valence-electron chi connectivity index (χ3n) is 3.94. The molecule has 0 aliphatic carbocycles. The molecular weight excluding hydrogens is 220 g/mol. The Bertz CT molecular complexity index is 347. The first kappa shape index (κ1) is 13.6. The fourth-order valence-electron chi connectivity index (χ4n) is 3.04. The number of rotatable bonds is 4. The van der Waals surface area contributed by atoms with Gasteiger partial charge >= 0.3 is 0 Å². The normalized spacial score (nSPS) is 25.6. The molecule has 18 heavy (non-hydrogen) atoms. The first-order valence-corrected chi connectivity index (χ1v) is 7.17. The van der Waals surface area contributed by atoms with Crippen LogP contribution in [0.25, 0.3) is 0 Å². The van der Waals surface area contributed by atoms with Crippen molar-refractivity contribution >= 4 is 0 Å². The van der Waals surface area contributed by atoms with Gasteiger partial charge in [0, 0.05) is 18.6 Å². The minimum atomic E-state index is 0.575. The van der Waals surface area contributed by atoms with Crippen molar-refractivity contribution in [2.75, 3.05) is 20.1 Å². The minimum Gasteiger partial charge on any atom is -0.314 e. The van der Waals surface area contributed by atoms with Gasteiger partial charge in [-0.3, -0.25) is 4.90 Å². The van der Waals surface area contributed by atoms with Crippen molar-refractivity contribution < 1.29 is 0 Å². The van der Waals surface area contributed by atoms with Gasteiger partial charge < -0.3 is 5.32 Å². The van der Waals surface area contributed by atoms with E-state index in [1.807, 2.05) is 0 Å². The van der Waals surface area contributed by atoms with E-state index in [-0.39, 0.29) is 0 Å². The average Bonchev–Trinajstić information content (AvgIpc) is 2.37. The zero-order chi connectivity index (χ0) is 13.0. The van der Waals surface area contributed by atoms with E-state index < -0.39 is 0 Å². The van der Waals surface area contributed by atoms with E-state index >= 15 is 0 Å². The monoisotopic (exact) mass is 246 g/mol. The van der Waals surface area contributed by atoms with Gasteiger partial charge in [0.1, 0.15) is 0 Å². The Morgan fingerprint density at radius 1 is 1.28 bits per heavy atom. The summed E-state index contributed by atoms with van der Waals surface area (Å²) in [6.45, 7) is 6.80. The molecule has 1 aliphatic rings. The molecule has 2 rings (SSSR count). The van der Waals surface area contributed by atoms with Gasteiger partial charge in [0.25, 0.3) is 0 Å². The van der Waals surface area contributed by atoms with Crippen LogP contribution < -0.4 is 5.32 Å². The van der Waals surface area contributed by atoms with Gasteiger partial charge in [-0.15, -0.1) is 0 Å². The van der Waals surface area contributed by atoms with Crippen LogP contribution in [0.15, 0.2) is 30.3 Å². The summed E-state index contributed by atoms with van der Waals surface area (Å²) in [7, 11) is 2.26. The number of likely N-dealkylation sites (tertiary alicyclic amines) is 1. The van der Waals surface area contributed by atoms with E-state index in [0.29, 0.717) is 12.1 Å². The molecule has 0 amide bonds. The lowest BCUT2D eigenvalue weighted by Gasteiger charge is -2.40. The highest BCUT2D eigenvalue weighted by Crippen LogP contribution is 2.34. The summed E-state index contributed by atoms with van der Waals surface area (Å²) in [5, 5.41) is 3.61. The highest BCUT2D eigenvalue weighted by Gasteiger charge is 2.29. The summed E-state index contributed by atoms with van der Waals surface area (Å²) >= 11 is 0. The van der Waals surface area contributed by atoms with Gasteiger partial charge in [-0.05, 0) is 37.9 Å². The van der Waals surface area contributed by atoms with Gasteiger partial charge in [0.15, 0.2) is 0 Å². The Kier molecular flexibility index (Phi) is 4.79. The predicted molar refractivity (Wildman–Crippen MR) is 77.7 cm³/mol. The molecule has 2 unspecified atom stereocenters. The van der Waals surface area contributed by atoms with Crippen LogP contribution in [-0.4, -0.2) is 31.1 Å². The van der Waals surface area contributed by atoms with Crippen LogP contribution in [0.5, 0.6) is 0 Å². The zero-order valence-corrected chi connectivity index (χ0v) is 11.9. The second-order valence-electron chi connectivity index (χ2n) is 5.80. The summed E-state index contributed by atoms with van der Waals surface area (Å²) < 4.78 is 0. The van der Waals surface area contributed by atoms with E-state index in [1.165, 1.54) is 24.9 Å². The van der Waals surface area contributed by atoms with Crippen molar-refractivity contribution in [2.45, 2.75) is 38.8 Å². The highest BCUT2D eigenvalue weighted by atomic mass is 15.1. The topological polar surface area (TPSA) is 15.3 Å². The number of hydrogen-bond acceptors (Lipinski definition) is 2. The van der Waals surface area contributed by atoms with E-state index in [9.17, 15) is 0 Å². The maximum Gasteiger partial charge on any atom is 0.0385 e. The zero-order valence-electron chi connectivity index (χ0n) is 11.9. The molecule has 1 aromatic carbocycles. The molecular formula is C16H26N2. The number of nitrogens with one attached hydrogen (secondary N) is 1. The standard InChI is InChI=1S/C16H26N2/c1-13(2)17-12-15-10-7-11-18(3)16(15)14-8-5-4-6-9-14/h4-6,8-9,13,15-17H,7,10-12H2,1-3H3. The molecule has 1 N–H and O–H groups in total. The summed E-state index contributed by atoms with van der Waals surface area (Å²) in [4.78, 5) is 2.52. The molecule has 0 bridgehead atoms. The van der Waals surface area contributed by atoms with Gasteiger partial charge in [0.05, 0.1) is 0 Å². The quantitative estimate of drug-likeness (QED) is 0.878. The number of piperidine rings is 1. The van der Waals surface area contributed by atoms with Crippen molar-refractivity contribution in [1.82, 2.24) is 10.2 Å². The van der Waals surface area contributed by atoms with Crippen molar-refractivity contribution in [1.29, 1.82) is 0 Å². The van der Waals surface area contributed by atoms with Crippen LogP contribution in [0.1, 0.15) is 38.3 Å². The van der Waals surface area contributed by atoms with Crippen molar-refractivity contribution in [2.24, 2.45) is 5.92 Å². The Morgan fingerprint density at radius 2 is 2.00 bits per heavy atom. The SMILES string of the molecule is CC(C)NCC1CCCN(C)C1c1ccccc1. The van der Waals surface area contributed by atoms with E-state index in [4.69, 9.17) is 0 Å². The Labute approximate surface area is 111 Å². The fourth-order valence-corrected chi connectivity index (χ4v) is 3.04. The van der Waals surface area contributed by atoms with Gasteiger partial charge in [0.2, 0.25) is 0 Å². The Hall–Kier alpha value is -0.860. The molecule has 1 aliphatic heterocycles. The molecule has 1 fully saturated rings. The van der Waals surface area contributed by atoms with Crippen molar-refractivity contribution in [3.8, 4) is 0 Å². The lowest BCUT2D eigenvalue weighted by Crippen LogP contribution is -2.41. The number of hydrogen-bond donors (Lipinski definition) is 1. The van der Waals surface area contributed by atoms with Crippen LogP contribution in [0.4, 0.5) is 0 Å². The summed E-state index contributed by atoms with van der Waals surface area (Å²) in [6, 6.07) is 12.1. The Balaban J connectivity index is 2.10. The molecule has 2 atom stereocenters. The maximum absolute atomic E-state index is 3.61. The van der Waals surface area contributed by atoms with Crippen molar-refractivity contribution in [3.05, 3.63) is 35.9 Å². The van der Waals surface area contributed by atoms with Gasteiger partial charge in [-0.1, -0.05) is 44.2 Å². The molecule has 0 radical (unpaired) electrons. The smallest absolute Gasteiger partial charge is 0.0385 e. The molecule has 100 valence electrons. The van der Waals surface area contributed by atoms with Crippen LogP contribution >= 0.6 is 0 Å². The van der Waals surface area contributed by atoms with Crippen LogP contribution in [-0.2, 0) is 0 Å². The highest BCUT2D eigenvalue weighted by molar-refractivity contribution is 5.20. The van der Waals surface area contributed by atoms with Gasteiger partial charge in [-0.25, -0.2) is 0 Å². The molecule has 1 aromatic rings. The van der Waals surface area contributed by atoms with Crippen LogP contribution in [0.3, 0.4) is 0 Å². The molecule has 0 saturated carbocycles.